The van der Waals surface area contributed by atoms with Gasteiger partial charge in [0.2, 0.25) is 0 Å². The molecule has 1 fully saturated rings. The van der Waals surface area contributed by atoms with Gasteiger partial charge in [0.05, 0.1) is 4.47 Å². The van der Waals surface area contributed by atoms with Crippen LogP contribution in [0.1, 0.15) is 33.1 Å². The highest BCUT2D eigenvalue weighted by Crippen LogP contribution is 2.49. The van der Waals surface area contributed by atoms with E-state index in [4.69, 9.17) is 4.74 Å². The van der Waals surface area contributed by atoms with Gasteiger partial charge in [-0.3, -0.25) is 0 Å². The van der Waals surface area contributed by atoms with Crippen LogP contribution in [0.2, 0.25) is 0 Å². The van der Waals surface area contributed by atoms with E-state index >= 15 is 0 Å². The Morgan fingerprint density at radius 2 is 2.11 bits per heavy atom. The van der Waals surface area contributed by atoms with Gasteiger partial charge in [-0.25, -0.2) is 4.39 Å². The molecule has 1 aromatic carbocycles. The zero-order valence-electron chi connectivity index (χ0n) is 11.7. The molecule has 2 atom stereocenters. The normalized spacial score (nSPS) is 24.9. The third kappa shape index (κ3) is 2.52. The molecular formula is C15H21BrFNO. The molecule has 1 aliphatic rings. The first-order chi connectivity index (χ1) is 9.07. The van der Waals surface area contributed by atoms with Crippen LogP contribution in [-0.2, 0) is 0 Å². The van der Waals surface area contributed by atoms with Gasteiger partial charge < -0.3 is 10.1 Å². The summed E-state index contributed by atoms with van der Waals surface area (Å²) in [6.45, 7) is 4.40. The Labute approximate surface area is 122 Å². The van der Waals surface area contributed by atoms with E-state index in [1.54, 1.807) is 6.07 Å². The summed E-state index contributed by atoms with van der Waals surface area (Å²) in [6, 6.07) is 5.06. The minimum Gasteiger partial charge on any atom is -0.488 e. The maximum Gasteiger partial charge on any atom is 0.136 e. The Bertz CT molecular complexity index is 448. The lowest BCUT2D eigenvalue weighted by Gasteiger charge is -2.55. The first-order valence-corrected chi connectivity index (χ1v) is 7.65. The van der Waals surface area contributed by atoms with E-state index in [2.05, 4.69) is 35.1 Å². The van der Waals surface area contributed by atoms with Crippen LogP contribution in [0.25, 0.3) is 0 Å². The van der Waals surface area contributed by atoms with Crippen LogP contribution in [0.5, 0.6) is 5.75 Å². The average molecular weight is 330 g/mol. The molecule has 0 saturated heterocycles. The van der Waals surface area contributed by atoms with E-state index in [-0.39, 0.29) is 17.3 Å². The van der Waals surface area contributed by atoms with Crippen molar-refractivity contribution < 1.29 is 9.13 Å². The van der Waals surface area contributed by atoms with Crippen LogP contribution in [0.3, 0.4) is 0 Å². The zero-order chi connectivity index (χ0) is 14.0. The molecule has 2 unspecified atom stereocenters. The molecule has 0 radical (unpaired) electrons. The lowest BCUT2D eigenvalue weighted by molar-refractivity contribution is -0.0839. The lowest BCUT2D eigenvalue weighted by Crippen LogP contribution is -2.63. The predicted octanol–water partition coefficient (Wildman–Crippen LogP) is 4.13. The quantitative estimate of drug-likeness (QED) is 0.876. The van der Waals surface area contributed by atoms with Crippen LogP contribution >= 0.6 is 15.9 Å². The fourth-order valence-corrected chi connectivity index (χ4v) is 3.58. The second-order valence-electron chi connectivity index (χ2n) is 5.20. The molecule has 106 valence electrons. The molecule has 0 spiro atoms. The summed E-state index contributed by atoms with van der Waals surface area (Å²) in [5.74, 6) is 0.340. The molecule has 2 rings (SSSR count). The standard InChI is InChI=1S/C15H21BrFNO/c1-4-15(5-2)13(18-3)9-14(15)19-12-8-10(17)6-7-11(12)16/h6-8,13-14,18H,4-5,9H2,1-3H3. The van der Waals surface area contributed by atoms with E-state index in [1.165, 1.54) is 12.1 Å². The highest BCUT2D eigenvalue weighted by molar-refractivity contribution is 9.10. The molecule has 2 nitrogen and oxygen atoms in total. The van der Waals surface area contributed by atoms with Gasteiger partial charge in [0.25, 0.3) is 0 Å². The molecule has 1 aromatic rings. The van der Waals surface area contributed by atoms with Gasteiger partial charge in [-0.2, -0.15) is 0 Å². The number of benzene rings is 1. The van der Waals surface area contributed by atoms with E-state index in [9.17, 15) is 4.39 Å². The second-order valence-corrected chi connectivity index (χ2v) is 6.05. The van der Waals surface area contributed by atoms with Crippen molar-refractivity contribution in [2.75, 3.05) is 7.05 Å². The summed E-state index contributed by atoms with van der Waals surface area (Å²) in [7, 11) is 2.00. The Hall–Kier alpha value is -0.610. The molecule has 4 heteroatoms. The van der Waals surface area contributed by atoms with Crippen LogP contribution in [-0.4, -0.2) is 19.2 Å². The molecule has 0 amide bonds. The SMILES string of the molecule is CCC1(CC)C(NC)CC1Oc1cc(F)ccc1Br. The van der Waals surface area contributed by atoms with Gasteiger partial charge in [-0.1, -0.05) is 13.8 Å². The molecule has 0 heterocycles. The monoisotopic (exact) mass is 329 g/mol. The minimum atomic E-state index is -0.263. The number of hydrogen-bond acceptors (Lipinski definition) is 2. The molecule has 1 aliphatic carbocycles. The van der Waals surface area contributed by atoms with Crippen molar-refractivity contribution >= 4 is 15.9 Å². The minimum absolute atomic E-state index is 0.151. The summed E-state index contributed by atoms with van der Waals surface area (Å²) in [4.78, 5) is 0. The topological polar surface area (TPSA) is 21.3 Å². The molecule has 1 saturated carbocycles. The molecule has 0 aromatic heterocycles. The number of rotatable bonds is 5. The first-order valence-electron chi connectivity index (χ1n) is 6.86. The average Bonchev–Trinajstić information content (AvgIpc) is 2.39. The lowest BCUT2D eigenvalue weighted by atomic mass is 9.58. The molecule has 0 aliphatic heterocycles. The van der Waals surface area contributed by atoms with Crippen LogP contribution in [0.15, 0.2) is 22.7 Å². The summed E-state index contributed by atoms with van der Waals surface area (Å²) in [6.07, 6.45) is 3.25. The summed E-state index contributed by atoms with van der Waals surface area (Å²) >= 11 is 3.42. The fraction of sp³-hybridized carbons (Fsp3) is 0.600. The Balaban J connectivity index is 2.17. The van der Waals surface area contributed by atoms with Gasteiger partial charge in [0.1, 0.15) is 17.7 Å². The van der Waals surface area contributed by atoms with Crippen LogP contribution in [0.4, 0.5) is 4.39 Å². The molecule has 19 heavy (non-hydrogen) atoms. The first kappa shape index (κ1) is 14.8. The van der Waals surface area contributed by atoms with Gasteiger partial charge in [0, 0.05) is 23.9 Å². The van der Waals surface area contributed by atoms with Gasteiger partial charge in [-0.05, 0) is 48.0 Å². The Kier molecular flexibility index (Phi) is 4.51. The summed E-state index contributed by atoms with van der Waals surface area (Å²) in [5.41, 5.74) is 0.153. The smallest absolute Gasteiger partial charge is 0.136 e. The molecule has 0 bridgehead atoms. The van der Waals surface area contributed by atoms with E-state index in [1.807, 2.05) is 7.05 Å². The maximum absolute atomic E-state index is 13.3. The van der Waals surface area contributed by atoms with Crippen molar-refractivity contribution in [3.05, 3.63) is 28.5 Å². The predicted molar refractivity (Wildman–Crippen MR) is 79.0 cm³/mol. The van der Waals surface area contributed by atoms with Gasteiger partial charge >= 0.3 is 0 Å². The number of nitrogens with one attached hydrogen (secondary N) is 1. The largest absolute Gasteiger partial charge is 0.488 e. The van der Waals surface area contributed by atoms with Crippen molar-refractivity contribution in [1.29, 1.82) is 0 Å². The van der Waals surface area contributed by atoms with Crippen molar-refractivity contribution in [2.24, 2.45) is 5.41 Å². The molecular weight excluding hydrogens is 309 g/mol. The number of ether oxygens (including phenoxy) is 1. The van der Waals surface area contributed by atoms with E-state index in [0.29, 0.717) is 11.8 Å². The fourth-order valence-electron chi connectivity index (χ4n) is 3.24. The van der Waals surface area contributed by atoms with E-state index in [0.717, 1.165) is 23.7 Å². The number of hydrogen-bond donors (Lipinski definition) is 1. The van der Waals surface area contributed by atoms with Crippen LogP contribution in [0, 0.1) is 11.2 Å². The summed E-state index contributed by atoms with van der Waals surface area (Å²) in [5, 5.41) is 3.37. The third-order valence-electron chi connectivity index (χ3n) is 4.61. The highest BCUT2D eigenvalue weighted by atomic mass is 79.9. The van der Waals surface area contributed by atoms with Crippen molar-refractivity contribution in [2.45, 2.75) is 45.3 Å². The maximum atomic E-state index is 13.3. The van der Waals surface area contributed by atoms with E-state index < -0.39 is 0 Å². The third-order valence-corrected chi connectivity index (χ3v) is 5.27. The molecule has 1 N–H and O–H groups in total. The summed E-state index contributed by atoms with van der Waals surface area (Å²) < 4.78 is 20.2. The number of halogens is 2. The zero-order valence-corrected chi connectivity index (χ0v) is 13.3. The Morgan fingerprint density at radius 1 is 1.42 bits per heavy atom. The van der Waals surface area contributed by atoms with Crippen molar-refractivity contribution in [1.82, 2.24) is 5.32 Å². The van der Waals surface area contributed by atoms with Crippen LogP contribution < -0.4 is 10.1 Å². The van der Waals surface area contributed by atoms with Gasteiger partial charge in [0.15, 0.2) is 0 Å². The Morgan fingerprint density at radius 3 is 2.68 bits per heavy atom. The van der Waals surface area contributed by atoms with Crippen molar-refractivity contribution in [3.63, 3.8) is 0 Å². The highest BCUT2D eigenvalue weighted by Gasteiger charge is 2.53. The van der Waals surface area contributed by atoms with Crippen molar-refractivity contribution in [3.8, 4) is 5.75 Å². The van der Waals surface area contributed by atoms with Gasteiger partial charge in [-0.15, -0.1) is 0 Å². The second kappa shape index (κ2) is 5.80.